The lowest BCUT2D eigenvalue weighted by molar-refractivity contribution is 0.138. The summed E-state index contributed by atoms with van der Waals surface area (Å²) in [7, 11) is 4.31. The molecule has 3 nitrogen and oxygen atoms in total. The van der Waals surface area contributed by atoms with Gasteiger partial charge in [-0.05, 0) is 52.7 Å². The van der Waals surface area contributed by atoms with Crippen LogP contribution in [0.1, 0.15) is 39.0 Å². The molecule has 1 fully saturated rings. The van der Waals surface area contributed by atoms with Crippen molar-refractivity contribution < 1.29 is 0 Å². The van der Waals surface area contributed by atoms with Gasteiger partial charge in [-0.1, -0.05) is 6.92 Å². The second-order valence-electron chi connectivity index (χ2n) is 5.41. The average molecular weight is 227 g/mol. The maximum absolute atomic E-state index is 5.97. The van der Waals surface area contributed by atoms with E-state index in [1.54, 1.807) is 0 Å². The number of nitrogens with two attached hydrogens (primary N) is 1. The van der Waals surface area contributed by atoms with Gasteiger partial charge in [-0.25, -0.2) is 0 Å². The quantitative estimate of drug-likeness (QED) is 0.747. The molecular weight excluding hydrogens is 198 g/mol. The first kappa shape index (κ1) is 13.9. The third-order valence-corrected chi connectivity index (χ3v) is 3.60. The fourth-order valence-corrected chi connectivity index (χ4v) is 2.56. The fourth-order valence-electron chi connectivity index (χ4n) is 2.56. The highest BCUT2D eigenvalue weighted by molar-refractivity contribution is 4.81. The highest BCUT2D eigenvalue weighted by Crippen LogP contribution is 2.22. The molecule has 1 aliphatic rings. The Morgan fingerprint density at radius 1 is 1.00 bits per heavy atom. The largest absolute Gasteiger partial charge is 0.328 e. The van der Waals surface area contributed by atoms with Crippen LogP contribution in [0, 0.1) is 0 Å². The molecule has 0 aliphatic heterocycles. The van der Waals surface area contributed by atoms with E-state index in [2.05, 4.69) is 30.8 Å². The van der Waals surface area contributed by atoms with E-state index >= 15 is 0 Å². The van der Waals surface area contributed by atoms with Crippen molar-refractivity contribution in [3.63, 3.8) is 0 Å². The molecule has 1 aliphatic carbocycles. The smallest absolute Gasteiger partial charge is 0.0112 e. The molecule has 0 radical (unpaired) electrons. The molecule has 2 N–H and O–H groups in total. The van der Waals surface area contributed by atoms with Gasteiger partial charge in [-0.2, -0.15) is 0 Å². The Labute approximate surface area is 101 Å². The van der Waals surface area contributed by atoms with Crippen molar-refractivity contribution in [1.29, 1.82) is 0 Å². The summed E-state index contributed by atoms with van der Waals surface area (Å²) in [6.45, 7) is 5.90. The first-order valence-electron chi connectivity index (χ1n) is 6.77. The van der Waals surface area contributed by atoms with Crippen LogP contribution in [-0.4, -0.2) is 55.6 Å². The average Bonchev–Trinajstić information content (AvgIpc) is 2.25. The zero-order valence-corrected chi connectivity index (χ0v) is 11.3. The van der Waals surface area contributed by atoms with Crippen LogP contribution in [0.25, 0.3) is 0 Å². The van der Waals surface area contributed by atoms with Crippen molar-refractivity contribution in [3.05, 3.63) is 0 Å². The molecule has 0 atom stereocenters. The Hall–Kier alpha value is -0.120. The Morgan fingerprint density at radius 3 is 2.12 bits per heavy atom. The molecule has 16 heavy (non-hydrogen) atoms. The topological polar surface area (TPSA) is 32.5 Å². The zero-order chi connectivity index (χ0) is 12.0. The van der Waals surface area contributed by atoms with Crippen LogP contribution in [0.5, 0.6) is 0 Å². The number of hydrogen-bond acceptors (Lipinski definition) is 3. The molecule has 1 saturated carbocycles. The Balaban J connectivity index is 2.36. The van der Waals surface area contributed by atoms with Gasteiger partial charge in [-0.15, -0.1) is 0 Å². The summed E-state index contributed by atoms with van der Waals surface area (Å²) in [5.74, 6) is 0. The monoisotopic (exact) mass is 227 g/mol. The van der Waals surface area contributed by atoms with Crippen molar-refractivity contribution in [1.82, 2.24) is 9.80 Å². The van der Waals surface area contributed by atoms with Crippen molar-refractivity contribution in [2.24, 2.45) is 5.73 Å². The minimum absolute atomic E-state index is 0.466. The molecule has 0 spiro atoms. The summed E-state index contributed by atoms with van der Waals surface area (Å²) in [6, 6.07) is 1.26. The van der Waals surface area contributed by atoms with E-state index in [1.165, 1.54) is 51.7 Å². The predicted octanol–water partition coefficient (Wildman–Crippen LogP) is 1.53. The fraction of sp³-hybridized carbons (Fsp3) is 1.00. The SMILES string of the molecule is CCCN(CCN(C)C)C1CCC(N)CC1. The molecule has 0 aromatic rings. The van der Waals surface area contributed by atoms with E-state index in [-0.39, 0.29) is 0 Å². The number of hydrogen-bond donors (Lipinski definition) is 1. The molecule has 0 unspecified atom stereocenters. The molecule has 96 valence electrons. The van der Waals surface area contributed by atoms with Crippen molar-refractivity contribution in [3.8, 4) is 0 Å². The van der Waals surface area contributed by atoms with Gasteiger partial charge in [0.25, 0.3) is 0 Å². The Morgan fingerprint density at radius 2 is 1.62 bits per heavy atom. The van der Waals surface area contributed by atoms with E-state index in [1.807, 2.05) is 0 Å². The molecule has 0 amide bonds. The van der Waals surface area contributed by atoms with Gasteiger partial charge < -0.3 is 10.6 Å². The Bertz CT molecular complexity index is 174. The summed E-state index contributed by atoms with van der Waals surface area (Å²) < 4.78 is 0. The van der Waals surface area contributed by atoms with E-state index in [0.29, 0.717) is 6.04 Å². The second-order valence-corrected chi connectivity index (χ2v) is 5.41. The normalized spacial score (nSPS) is 26.6. The molecule has 1 rings (SSSR count). The van der Waals surface area contributed by atoms with Crippen LogP contribution < -0.4 is 5.73 Å². The molecule has 0 bridgehead atoms. The third-order valence-electron chi connectivity index (χ3n) is 3.60. The highest BCUT2D eigenvalue weighted by Gasteiger charge is 2.23. The second kappa shape index (κ2) is 7.25. The van der Waals surface area contributed by atoms with Crippen LogP contribution in [0.2, 0.25) is 0 Å². The van der Waals surface area contributed by atoms with Crippen LogP contribution in [0.4, 0.5) is 0 Å². The highest BCUT2D eigenvalue weighted by atomic mass is 15.2. The lowest BCUT2D eigenvalue weighted by Gasteiger charge is -2.36. The first-order chi connectivity index (χ1) is 7.63. The van der Waals surface area contributed by atoms with E-state index in [9.17, 15) is 0 Å². The summed E-state index contributed by atoms with van der Waals surface area (Å²) in [5.41, 5.74) is 5.97. The van der Waals surface area contributed by atoms with Gasteiger partial charge in [-0.3, -0.25) is 4.90 Å². The van der Waals surface area contributed by atoms with Gasteiger partial charge in [0.2, 0.25) is 0 Å². The Kier molecular flexibility index (Phi) is 6.32. The molecular formula is C13H29N3. The maximum Gasteiger partial charge on any atom is 0.0112 e. The predicted molar refractivity (Wildman–Crippen MR) is 70.6 cm³/mol. The first-order valence-corrected chi connectivity index (χ1v) is 6.77. The maximum atomic E-state index is 5.97. The number of likely N-dealkylation sites (N-methyl/N-ethyl adjacent to an activating group) is 1. The van der Waals surface area contributed by atoms with Crippen molar-refractivity contribution >= 4 is 0 Å². The van der Waals surface area contributed by atoms with Gasteiger partial charge in [0.05, 0.1) is 0 Å². The van der Waals surface area contributed by atoms with Crippen LogP contribution in [0.15, 0.2) is 0 Å². The van der Waals surface area contributed by atoms with E-state index < -0.39 is 0 Å². The standard InChI is InChI=1S/C13H29N3/c1-4-9-16(11-10-15(2)3)13-7-5-12(14)6-8-13/h12-13H,4-11,14H2,1-3H3. The minimum Gasteiger partial charge on any atom is -0.328 e. The third kappa shape index (κ3) is 4.81. The zero-order valence-electron chi connectivity index (χ0n) is 11.3. The van der Waals surface area contributed by atoms with E-state index in [0.717, 1.165) is 6.04 Å². The van der Waals surface area contributed by atoms with Gasteiger partial charge in [0.15, 0.2) is 0 Å². The van der Waals surface area contributed by atoms with Gasteiger partial charge >= 0.3 is 0 Å². The molecule has 0 aromatic carbocycles. The summed E-state index contributed by atoms with van der Waals surface area (Å²) in [4.78, 5) is 4.95. The van der Waals surface area contributed by atoms with Crippen LogP contribution in [0.3, 0.4) is 0 Å². The van der Waals surface area contributed by atoms with Crippen LogP contribution in [-0.2, 0) is 0 Å². The summed E-state index contributed by atoms with van der Waals surface area (Å²) in [6.07, 6.45) is 6.29. The van der Waals surface area contributed by atoms with Crippen molar-refractivity contribution in [2.45, 2.75) is 51.1 Å². The van der Waals surface area contributed by atoms with Gasteiger partial charge in [0.1, 0.15) is 0 Å². The lowest BCUT2D eigenvalue weighted by atomic mass is 9.90. The molecule has 0 heterocycles. The van der Waals surface area contributed by atoms with Crippen molar-refractivity contribution in [2.75, 3.05) is 33.7 Å². The molecule has 0 aromatic heterocycles. The number of nitrogens with zero attached hydrogens (tertiary/aromatic N) is 2. The molecule has 0 saturated heterocycles. The van der Waals surface area contributed by atoms with Gasteiger partial charge in [0, 0.05) is 25.2 Å². The minimum atomic E-state index is 0.466. The van der Waals surface area contributed by atoms with Crippen LogP contribution >= 0.6 is 0 Å². The summed E-state index contributed by atoms with van der Waals surface area (Å²) >= 11 is 0. The lowest BCUT2D eigenvalue weighted by Crippen LogP contribution is -2.43. The van der Waals surface area contributed by atoms with E-state index in [4.69, 9.17) is 5.73 Å². The number of rotatable bonds is 6. The molecule has 3 heteroatoms. The summed E-state index contributed by atoms with van der Waals surface area (Å²) in [5, 5.41) is 0.